The standard InChI is InChI=1S/C18H15Cl2NO2S/c1-12(14-7-6-13-4-2-3-5-15(13)10-14)21-24(22,23)16-8-9-17(19)18(20)11-16/h2-12,21H,1H3. The molecule has 0 aliphatic carbocycles. The van der Waals surface area contributed by atoms with Gasteiger partial charge in [-0.25, -0.2) is 13.1 Å². The maximum atomic E-state index is 12.5. The third-order valence-electron chi connectivity index (χ3n) is 3.81. The van der Waals surface area contributed by atoms with E-state index in [1.807, 2.05) is 42.5 Å². The number of sulfonamides is 1. The molecule has 0 spiro atoms. The van der Waals surface area contributed by atoms with Crippen molar-refractivity contribution in [1.29, 1.82) is 0 Å². The quantitative estimate of drug-likeness (QED) is 0.677. The monoisotopic (exact) mass is 379 g/mol. The molecule has 0 radical (unpaired) electrons. The molecule has 0 aromatic heterocycles. The fourth-order valence-electron chi connectivity index (χ4n) is 2.49. The molecule has 3 aromatic rings. The van der Waals surface area contributed by atoms with E-state index in [4.69, 9.17) is 23.2 Å². The molecule has 1 unspecified atom stereocenters. The van der Waals surface area contributed by atoms with Crippen LogP contribution in [0.4, 0.5) is 0 Å². The van der Waals surface area contributed by atoms with Gasteiger partial charge in [0.05, 0.1) is 14.9 Å². The molecule has 1 atom stereocenters. The molecule has 0 fully saturated rings. The Labute approximate surface area is 151 Å². The van der Waals surface area contributed by atoms with Gasteiger partial charge in [-0.1, -0.05) is 59.6 Å². The zero-order chi connectivity index (χ0) is 17.3. The lowest BCUT2D eigenvalue weighted by molar-refractivity contribution is 0.567. The van der Waals surface area contributed by atoms with Crippen molar-refractivity contribution in [1.82, 2.24) is 4.72 Å². The predicted molar refractivity (Wildman–Crippen MR) is 99.1 cm³/mol. The minimum atomic E-state index is -3.69. The Balaban J connectivity index is 1.88. The highest BCUT2D eigenvalue weighted by atomic mass is 35.5. The molecule has 6 heteroatoms. The molecule has 0 saturated heterocycles. The second-order valence-electron chi connectivity index (χ2n) is 5.53. The molecule has 3 nitrogen and oxygen atoms in total. The van der Waals surface area contributed by atoms with Crippen LogP contribution in [-0.4, -0.2) is 8.42 Å². The van der Waals surface area contributed by atoms with Gasteiger partial charge in [0, 0.05) is 6.04 Å². The van der Waals surface area contributed by atoms with Crippen LogP contribution in [0.2, 0.25) is 10.0 Å². The summed E-state index contributed by atoms with van der Waals surface area (Å²) in [4.78, 5) is 0.0875. The summed E-state index contributed by atoms with van der Waals surface area (Å²) in [6.45, 7) is 1.80. The van der Waals surface area contributed by atoms with E-state index in [-0.39, 0.29) is 16.0 Å². The highest BCUT2D eigenvalue weighted by molar-refractivity contribution is 7.89. The summed E-state index contributed by atoms with van der Waals surface area (Å²) in [6, 6.07) is 17.7. The summed E-state index contributed by atoms with van der Waals surface area (Å²) in [7, 11) is -3.69. The minimum absolute atomic E-state index is 0.0875. The summed E-state index contributed by atoms with van der Waals surface area (Å²) in [5, 5.41) is 2.70. The van der Waals surface area contributed by atoms with Crippen LogP contribution in [0.15, 0.2) is 65.6 Å². The van der Waals surface area contributed by atoms with Gasteiger partial charge in [-0.2, -0.15) is 0 Å². The van der Waals surface area contributed by atoms with Gasteiger partial charge in [0.25, 0.3) is 0 Å². The van der Waals surface area contributed by atoms with Gasteiger partial charge in [0.1, 0.15) is 0 Å². The fraction of sp³-hybridized carbons (Fsp3) is 0.111. The fourth-order valence-corrected chi connectivity index (χ4v) is 4.11. The van der Waals surface area contributed by atoms with Crippen LogP contribution < -0.4 is 4.72 Å². The molecule has 124 valence electrons. The van der Waals surface area contributed by atoms with Crippen molar-refractivity contribution in [2.45, 2.75) is 17.9 Å². The lowest BCUT2D eigenvalue weighted by atomic mass is 10.0. The smallest absolute Gasteiger partial charge is 0.207 e. The van der Waals surface area contributed by atoms with Crippen molar-refractivity contribution in [3.05, 3.63) is 76.3 Å². The zero-order valence-electron chi connectivity index (χ0n) is 12.8. The van der Waals surface area contributed by atoms with Crippen molar-refractivity contribution in [3.63, 3.8) is 0 Å². The van der Waals surface area contributed by atoms with Crippen molar-refractivity contribution >= 4 is 44.0 Å². The van der Waals surface area contributed by atoms with Crippen LogP contribution in [0, 0.1) is 0 Å². The Kier molecular flexibility index (Phi) is 4.83. The number of benzene rings is 3. The number of rotatable bonds is 4. The van der Waals surface area contributed by atoms with Crippen molar-refractivity contribution < 1.29 is 8.42 Å². The van der Waals surface area contributed by atoms with Crippen LogP contribution in [0.1, 0.15) is 18.5 Å². The van der Waals surface area contributed by atoms with Crippen LogP contribution in [-0.2, 0) is 10.0 Å². The Morgan fingerprint density at radius 2 is 1.58 bits per heavy atom. The van der Waals surface area contributed by atoms with Gasteiger partial charge in [-0.3, -0.25) is 0 Å². The van der Waals surface area contributed by atoms with E-state index < -0.39 is 10.0 Å². The van der Waals surface area contributed by atoms with E-state index in [2.05, 4.69) is 4.72 Å². The Morgan fingerprint density at radius 3 is 2.29 bits per heavy atom. The van der Waals surface area contributed by atoms with Crippen LogP contribution in [0.3, 0.4) is 0 Å². The molecule has 3 rings (SSSR count). The first-order valence-corrected chi connectivity index (χ1v) is 9.57. The molecular weight excluding hydrogens is 365 g/mol. The summed E-state index contributed by atoms with van der Waals surface area (Å²) < 4.78 is 27.7. The van der Waals surface area contributed by atoms with Crippen LogP contribution in [0.5, 0.6) is 0 Å². The van der Waals surface area contributed by atoms with Gasteiger partial charge in [-0.05, 0) is 47.5 Å². The highest BCUT2D eigenvalue weighted by Gasteiger charge is 2.19. The zero-order valence-corrected chi connectivity index (χ0v) is 15.2. The maximum Gasteiger partial charge on any atom is 0.241 e. The second kappa shape index (κ2) is 6.73. The van der Waals surface area contributed by atoms with E-state index in [0.29, 0.717) is 5.02 Å². The number of hydrogen-bond acceptors (Lipinski definition) is 2. The van der Waals surface area contributed by atoms with Gasteiger partial charge in [0.2, 0.25) is 10.0 Å². The third kappa shape index (κ3) is 3.57. The van der Waals surface area contributed by atoms with Gasteiger partial charge >= 0.3 is 0 Å². The van der Waals surface area contributed by atoms with E-state index in [0.717, 1.165) is 16.3 Å². The van der Waals surface area contributed by atoms with E-state index >= 15 is 0 Å². The summed E-state index contributed by atoms with van der Waals surface area (Å²) in [6.07, 6.45) is 0. The molecule has 3 aromatic carbocycles. The lowest BCUT2D eigenvalue weighted by Gasteiger charge is -2.15. The van der Waals surface area contributed by atoms with Crippen molar-refractivity contribution in [3.8, 4) is 0 Å². The molecule has 0 heterocycles. The first-order chi connectivity index (χ1) is 11.4. The molecule has 1 N–H and O–H groups in total. The number of hydrogen-bond donors (Lipinski definition) is 1. The average Bonchev–Trinajstić information content (AvgIpc) is 2.56. The van der Waals surface area contributed by atoms with Gasteiger partial charge in [-0.15, -0.1) is 0 Å². The normalized spacial score (nSPS) is 13.1. The molecular formula is C18H15Cl2NO2S. The highest BCUT2D eigenvalue weighted by Crippen LogP contribution is 2.26. The molecule has 0 aliphatic rings. The SMILES string of the molecule is CC(NS(=O)(=O)c1ccc(Cl)c(Cl)c1)c1ccc2ccccc2c1. The molecule has 0 saturated carbocycles. The summed E-state index contributed by atoms with van der Waals surface area (Å²) in [5.41, 5.74) is 0.886. The Morgan fingerprint density at radius 1 is 0.875 bits per heavy atom. The lowest BCUT2D eigenvalue weighted by Crippen LogP contribution is -2.26. The summed E-state index contributed by atoms with van der Waals surface area (Å²) >= 11 is 11.8. The topological polar surface area (TPSA) is 46.2 Å². The Hall–Kier alpha value is -1.59. The number of halogens is 2. The minimum Gasteiger partial charge on any atom is -0.207 e. The van der Waals surface area contributed by atoms with Crippen LogP contribution >= 0.6 is 23.2 Å². The number of nitrogens with one attached hydrogen (secondary N) is 1. The maximum absolute atomic E-state index is 12.5. The van der Waals surface area contributed by atoms with E-state index in [1.54, 1.807) is 6.92 Å². The first kappa shape index (κ1) is 17.2. The molecule has 0 bridgehead atoms. The largest absolute Gasteiger partial charge is 0.241 e. The molecule has 24 heavy (non-hydrogen) atoms. The molecule has 0 amide bonds. The van der Waals surface area contributed by atoms with E-state index in [9.17, 15) is 8.42 Å². The van der Waals surface area contributed by atoms with Crippen molar-refractivity contribution in [2.24, 2.45) is 0 Å². The predicted octanol–water partition coefficient (Wildman–Crippen LogP) is 5.19. The van der Waals surface area contributed by atoms with Gasteiger partial charge < -0.3 is 0 Å². The van der Waals surface area contributed by atoms with Gasteiger partial charge in [0.15, 0.2) is 0 Å². The average molecular weight is 380 g/mol. The summed E-state index contributed by atoms with van der Waals surface area (Å²) in [5.74, 6) is 0. The Bertz CT molecular complexity index is 1000. The van der Waals surface area contributed by atoms with E-state index in [1.165, 1.54) is 18.2 Å². The first-order valence-electron chi connectivity index (χ1n) is 7.33. The molecule has 0 aliphatic heterocycles. The third-order valence-corrected chi connectivity index (χ3v) is 6.08. The number of fused-ring (bicyclic) bond motifs is 1. The van der Waals surface area contributed by atoms with Crippen LogP contribution in [0.25, 0.3) is 10.8 Å². The second-order valence-corrected chi connectivity index (χ2v) is 8.05. The van der Waals surface area contributed by atoms with Crippen molar-refractivity contribution in [2.75, 3.05) is 0 Å².